The molecule has 1 heterocycles. The molecule has 3 nitrogen and oxygen atoms in total. The molecule has 4 heteroatoms. The maximum Gasteiger partial charge on any atom is 0.0835 e. The predicted molar refractivity (Wildman–Crippen MR) is 90.5 cm³/mol. The lowest BCUT2D eigenvalue weighted by molar-refractivity contribution is -0.0849. The zero-order valence-electron chi connectivity index (χ0n) is 13.6. The zero-order valence-corrected chi connectivity index (χ0v) is 15.2. The standard InChI is InChI=1S/C17H27BrN2O/c1-16(2)7-9-17(21-4,10-8-16)15(19-3)11-14-6-5-13(18)12-20-14/h5-6,12,15,19H,7-11H2,1-4H3. The third-order valence-electron chi connectivity index (χ3n) is 5.04. The Morgan fingerprint density at radius 2 is 1.95 bits per heavy atom. The van der Waals surface area contributed by atoms with Gasteiger partial charge in [-0.15, -0.1) is 0 Å². The number of nitrogens with one attached hydrogen (secondary N) is 1. The fourth-order valence-corrected chi connectivity index (χ4v) is 3.57. The van der Waals surface area contributed by atoms with Gasteiger partial charge in [-0.1, -0.05) is 13.8 Å². The molecule has 1 atom stereocenters. The van der Waals surface area contributed by atoms with Crippen molar-refractivity contribution >= 4 is 15.9 Å². The molecule has 0 aromatic carbocycles. The summed E-state index contributed by atoms with van der Waals surface area (Å²) in [6.07, 6.45) is 7.42. The van der Waals surface area contributed by atoms with Gasteiger partial charge < -0.3 is 10.1 Å². The van der Waals surface area contributed by atoms with Crippen molar-refractivity contribution in [1.82, 2.24) is 10.3 Å². The maximum absolute atomic E-state index is 6.02. The first-order chi connectivity index (χ1) is 9.91. The van der Waals surface area contributed by atoms with E-state index in [1.807, 2.05) is 20.4 Å². The van der Waals surface area contributed by atoms with E-state index in [4.69, 9.17) is 4.74 Å². The minimum absolute atomic E-state index is 0.0704. The van der Waals surface area contributed by atoms with E-state index in [1.54, 1.807) is 0 Å². The Bertz CT molecular complexity index is 448. The van der Waals surface area contributed by atoms with Crippen LogP contribution in [0.4, 0.5) is 0 Å². The van der Waals surface area contributed by atoms with Crippen LogP contribution in [0.1, 0.15) is 45.2 Å². The molecular weight excluding hydrogens is 328 g/mol. The molecule has 1 aromatic heterocycles. The lowest BCUT2D eigenvalue weighted by Gasteiger charge is -2.47. The molecule has 2 rings (SSSR count). The molecule has 21 heavy (non-hydrogen) atoms. The lowest BCUT2D eigenvalue weighted by Crippen LogP contribution is -2.54. The van der Waals surface area contributed by atoms with Gasteiger partial charge in [0.25, 0.3) is 0 Å². The molecule has 1 unspecified atom stereocenters. The topological polar surface area (TPSA) is 34.2 Å². The van der Waals surface area contributed by atoms with Crippen molar-refractivity contribution in [1.29, 1.82) is 0 Å². The third kappa shape index (κ3) is 4.05. The number of aromatic nitrogens is 1. The van der Waals surface area contributed by atoms with E-state index in [-0.39, 0.29) is 5.60 Å². The second-order valence-corrected chi connectivity index (χ2v) is 7.86. The molecule has 0 saturated heterocycles. The number of ether oxygens (including phenoxy) is 1. The smallest absolute Gasteiger partial charge is 0.0835 e. The average molecular weight is 355 g/mol. The molecule has 1 N–H and O–H groups in total. The number of halogens is 1. The van der Waals surface area contributed by atoms with Gasteiger partial charge in [0.05, 0.1) is 5.60 Å². The molecule has 1 saturated carbocycles. The van der Waals surface area contributed by atoms with Gasteiger partial charge in [-0.25, -0.2) is 0 Å². The van der Waals surface area contributed by atoms with Crippen LogP contribution in [0.3, 0.4) is 0 Å². The van der Waals surface area contributed by atoms with E-state index in [0.717, 1.165) is 29.4 Å². The maximum atomic E-state index is 6.02. The summed E-state index contributed by atoms with van der Waals surface area (Å²) in [6, 6.07) is 4.44. The molecule has 1 fully saturated rings. The monoisotopic (exact) mass is 354 g/mol. The van der Waals surface area contributed by atoms with E-state index in [1.165, 1.54) is 12.8 Å². The summed E-state index contributed by atoms with van der Waals surface area (Å²) < 4.78 is 7.04. The number of rotatable bonds is 5. The molecule has 1 aromatic rings. The van der Waals surface area contributed by atoms with Crippen LogP contribution in [0.2, 0.25) is 0 Å². The highest BCUT2D eigenvalue weighted by molar-refractivity contribution is 9.10. The van der Waals surface area contributed by atoms with E-state index in [2.05, 4.69) is 52.2 Å². The van der Waals surface area contributed by atoms with Gasteiger partial charge in [0.15, 0.2) is 0 Å². The average Bonchev–Trinajstić information content (AvgIpc) is 2.48. The Labute approximate surface area is 137 Å². The minimum Gasteiger partial charge on any atom is -0.377 e. The highest BCUT2D eigenvalue weighted by Gasteiger charge is 2.43. The number of methoxy groups -OCH3 is 1. The summed E-state index contributed by atoms with van der Waals surface area (Å²) >= 11 is 3.44. The first-order valence-electron chi connectivity index (χ1n) is 7.74. The van der Waals surface area contributed by atoms with E-state index >= 15 is 0 Å². The first kappa shape index (κ1) is 16.9. The molecular formula is C17H27BrN2O. The zero-order chi connectivity index (χ0) is 15.5. The molecule has 118 valence electrons. The Hall–Kier alpha value is -0.450. The largest absolute Gasteiger partial charge is 0.377 e. The van der Waals surface area contributed by atoms with Gasteiger partial charge in [0, 0.05) is 35.9 Å². The number of hydrogen-bond acceptors (Lipinski definition) is 3. The van der Waals surface area contributed by atoms with Crippen molar-refractivity contribution in [3.05, 3.63) is 28.5 Å². The van der Waals surface area contributed by atoms with Gasteiger partial charge in [0.2, 0.25) is 0 Å². The molecule has 0 radical (unpaired) electrons. The molecule has 0 spiro atoms. The van der Waals surface area contributed by atoms with E-state index in [0.29, 0.717) is 11.5 Å². The molecule has 1 aliphatic carbocycles. The van der Waals surface area contributed by atoms with Crippen molar-refractivity contribution < 1.29 is 4.74 Å². The molecule has 0 amide bonds. The fraction of sp³-hybridized carbons (Fsp3) is 0.706. The van der Waals surface area contributed by atoms with Crippen molar-refractivity contribution in [3.8, 4) is 0 Å². The number of pyridine rings is 1. The fourth-order valence-electron chi connectivity index (χ4n) is 3.33. The molecule has 0 aliphatic heterocycles. The van der Waals surface area contributed by atoms with Crippen LogP contribution in [0.5, 0.6) is 0 Å². The quantitative estimate of drug-likeness (QED) is 0.868. The van der Waals surface area contributed by atoms with Crippen LogP contribution >= 0.6 is 15.9 Å². The Balaban J connectivity index is 2.12. The van der Waals surface area contributed by atoms with Crippen LogP contribution < -0.4 is 5.32 Å². The summed E-state index contributed by atoms with van der Waals surface area (Å²) in [6.45, 7) is 4.72. The highest BCUT2D eigenvalue weighted by Crippen LogP contribution is 2.43. The number of likely N-dealkylation sites (N-methyl/N-ethyl adjacent to an activating group) is 1. The van der Waals surface area contributed by atoms with Crippen LogP contribution in [-0.2, 0) is 11.2 Å². The third-order valence-corrected chi connectivity index (χ3v) is 5.51. The van der Waals surface area contributed by atoms with Gasteiger partial charge in [0.1, 0.15) is 0 Å². The molecule has 1 aliphatic rings. The van der Waals surface area contributed by atoms with Gasteiger partial charge in [-0.2, -0.15) is 0 Å². The van der Waals surface area contributed by atoms with Crippen LogP contribution in [0.15, 0.2) is 22.8 Å². The van der Waals surface area contributed by atoms with Crippen molar-refractivity contribution in [2.75, 3.05) is 14.2 Å². The first-order valence-corrected chi connectivity index (χ1v) is 8.53. The lowest BCUT2D eigenvalue weighted by atomic mass is 9.68. The van der Waals surface area contributed by atoms with Gasteiger partial charge >= 0.3 is 0 Å². The number of hydrogen-bond donors (Lipinski definition) is 1. The van der Waals surface area contributed by atoms with Crippen LogP contribution in [-0.4, -0.2) is 30.8 Å². The van der Waals surface area contributed by atoms with Crippen LogP contribution in [0.25, 0.3) is 0 Å². The second-order valence-electron chi connectivity index (χ2n) is 6.95. The van der Waals surface area contributed by atoms with Crippen molar-refractivity contribution in [2.24, 2.45) is 5.41 Å². The van der Waals surface area contributed by atoms with E-state index < -0.39 is 0 Å². The van der Waals surface area contributed by atoms with Gasteiger partial charge in [-0.05, 0) is 66.2 Å². The Kier molecular flexibility index (Phi) is 5.44. The Morgan fingerprint density at radius 3 is 2.43 bits per heavy atom. The van der Waals surface area contributed by atoms with Crippen molar-refractivity contribution in [2.45, 2.75) is 57.6 Å². The van der Waals surface area contributed by atoms with E-state index in [9.17, 15) is 0 Å². The number of nitrogens with zero attached hydrogens (tertiary/aromatic N) is 1. The van der Waals surface area contributed by atoms with Crippen molar-refractivity contribution in [3.63, 3.8) is 0 Å². The summed E-state index contributed by atoms with van der Waals surface area (Å²) in [5.41, 5.74) is 1.48. The normalized spacial score (nSPS) is 22.0. The van der Waals surface area contributed by atoms with Crippen LogP contribution in [0, 0.1) is 5.41 Å². The predicted octanol–water partition coefficient (Wildman–Crippen LogP) is 3.96. The highest BCUT2D eigenvalue weighted by atomic mass is 79.9. The SMILES string of the molecule is CNC(Cc1ccc(Br)cn1)C1(OC)CCC(C)(C)CC1. The summed E-state index contributed by atoms with van der Waals surface area (Å²) in [7, 11) is 3.89. The summed E-state index contributed by atoms with van der Waals surface area (Å²) in [4.78, 5) is 4.51. The second kappa shape index (κ2) is 6.76. The summed E-state index contributed by atoms with van der Waals surface area (Å²) in [5.74, 6) is 0. The minimum atomic E-state index is -0.0704. The summed E-state index contributed by atoms with van der Waals surface area (Å²) in [5, 5.41) is 3.48. The molecule has 0 bridgehead atoms. The van der Waals surface area contributed by atoms with Gasteiger partial charge in [-0.3, -0.25) is 4.98 Å². The Morgan fingerprint density at radius 1 is 1.29 bits per heavy atom.